The van der Waals surface area contributed by atoms with Crippen LogP contribution in [0.5, 0.6) is 0 Å². The van der Waals surface area contributed by atoms with Crippen LogP contribution in [0.15, 0.2) is 72.8 Å². The van der Waals surface area contributed by atoms with Crippen molar-refractivity contribution in [2.45, 2.75) is 0 Å². The number of carbonyl (C=O) groups excluding carboxylic acids is 3. The summed E-state index contributed by atoms with van der Waals surface area (Å²) in [6.45, 7) is 0. The van der Waals surface area contributed by atoms with Gasteiger partial charge in [-0.25, -0.2) is 9.69 Å². The molecule has 0 unspecified atom stereocenters. The molecule has 4 rings (SSSR count). The first-order chi connectivity index (χ1) is 14.0. The van der Waals surface area contributed by atoms with Gasteiger partial charge in [0, 0.05) is 5.56 Å². The van der Waals surface area contributed by atoms with Crippen LogP contribution >= 0.6 is 0 Å². The highest BCUT2D eigenvalue weighted by atomic mass is 16.4. The van der Waals surface area contributed by atoms with Crippen molar-refractivity contribution in [2.75, 3.05) is 10.2 Å². The number of anilines is 2. The van der Waals surface area contributed by atoms with Crippen LogP contribution < -0.4 is 10.2 Å². The van der Waals surface area contributed by atoms with Crippen molar-refractivity contribution in [3.05, 3.63) is 95.1 Å². The Kier molecular flexibility index (Phi) is 4.40. The summed E-state index contributed by atoms with van der Waals surface area (Å²) >= 11 is 0. The third-order valence-corrected chi connectivity index (χ3v) is 4.59. The zero-order chi connectivity index (χ0) is 20.5. The SMILES string of the molecule is O=C(Nc1ccccc1C(=O)O)c1ccc(N2C(=O)c3ccccc3C2=O)cc1. The molecule has 0 fully saturated rings. The van der Waals surface area contributed by atoms with E-state index in [4.69, 9.17) is 0 Å². The second kappa shape index (κ2) is 7.05. The minimum absolute atomic E-state index is 0.0245. The number of para-hydroxylation sites is 1. The summed E-state index contributed by atoms with van der Waals surface area (Å²) in [6, 6.07) is 18.6. The maximum atomic E-state index is 12.5. The van der Waals surface area contributed by atoms with E-state index in [1.54, 1.807) is 36.4 Å². The van der Waals surface area contributed by atoms with E-state index in [0.29, 0.717) is 16.8 Å². The van der Waals surface area contributed by atoms with Gasteiger partial charge in [-0.1, -0.05) is 24.3 Å². The van der Waals surface area contributed by atoms with Crippen molar-refractivity contribution < 1.29 is 24.3 Å². The van der Waals surface area contributed by atoms with E-state index in [0.717, 1.165) is 4.90 Å². The molecule has 7 heteroatoms. The third kappa shape index (κ3) is 3.14. The lowest BCUT2D eigenvalue weighted by Crippen LogP contribution is -2.29. The number of rotatable bonds is 4. The molecule has 1 heterocycles. The van der Waals surface area contributed by atoms with Crippen LogP contribution in [0.3, 0.4) is 0 Å². The van der Waals surface area contributed by atoms with Crippen LogP contribution in [0.1, 0.15) is 41.4 Å². The Bertz CT molecular complexity index is 1130. The number of carbonyl (C=O) groups is 4. The molecule has 142 valence electrons. The monoisotopic (exact) mass is 386 g/mol. The van der Waals surface area contributed by atoms with Gasteiger partial charge in [0.2, 0.25) is 0 Å². The molecule has 1 aliphatic heterocycles. The van der Waals surface area contributed by atoms with Crippen LogP contribution in [0, 0.1) is 0 Å². The predicted molar refractivity (Wildman–Crippen MR) is 105 cm³/mol. The Labute approximate surface area is 165 Å². The molecule has 0 saturated carbocycles. The third-order valence-electron chi connectivity index (χ3n) is 4.59. The lowest BCUT2D eigenvalue weighted by atomic mass is 10.1. The number of benzene rings is 3. The highest BCUT2D eigenvalue weighted by Gasteiger charge is 2.36. The van der Waals surface area contributed by atoms with Crippen molar-refractivity contribution >= 4 is 35.1 Å². The van der Waals surface area contributed by atoms with Gasteiger partial charge in [0.15, 0.2) is 0 Å². The summed E-state index contributed by atoms with van der Waals surface area (Å²) < 4.78 is 0. The lowest BCUT2D eigenvalue weighted by Gasteiger charge is -2.14. The first-order valence-corrected chi connectivity index (χ1v) is 8.69. The van der Waals surface area contributed by atoms with Crippen molar-refractivity contribution in [1.29, 1.82) is 0 Å². The van der Waals surface area contributed by atoms with Gasteiger partial charge in [-0.2, -0.15) is 0 Å². The average molecular weight is 386 g/mol. The van der Waals surface area contributed by atoms with E-state index >= 15 is 0 Å². The number of nitrogens with zero attached hydrogens (tertiary/aromatic N) is 1. The van der Waals surface area contributed by atoms with E-state index in [1.165, 1.54) is 36.4 Å². The quantitative estimate of drug-likeness (QED) is 0.669. The molecule has 0 spiro atoms. The van der Waals surface area contributed by atoms with Gasteiger partial charge in [-0.05, 0) is 48.5 Å². The van der Waals surface area contributed by atoms with E-state index in [9.17, 15) is 24.3 Å². The molecule has 0 radical (unpaired) electrons. The number of nitrogens with one attached hydrogen (secondary N) is 1. The van der Waals surface area contributed by atoms with E-state index in [1.807, 2.05) is 0 Å². The number of carboxylic acid groups (broad SMARTS) is 1. The number of carboxylic acids is 1. The topological polar surface area (TPSA) is 104 Å². The molecule has 0 saturated heterocycles. The molecule has 29 heavy (non-hydrogen) atoms. The molecule has 0 aliphatic carbocycles. The fraction of sp³-hybridized carbons (Fsp3) is 0. The lowest BCUT2D eigenvalue weighted by molar-refractivity contribution is 0.0697. The Hall–Kier alpha value is -4.26. The molecule has 3 aromatic carbocycles. The van der Waals surface area contributed by atoms with Crippen LogP contribution in [-0.2, 0) is 0 Å². The molecule has 7 nitrogen and oxygen atoms in total. The predicted octanol–water partition coefficient (Wildman–Crippen LogP) is 3.44. The smallest absolute Gasteiger partial charge is 0.337 e. The van der Waals surface area contributed by atoms with Crippen molar-refractivity contribution in [3.8, 4) is 0 Å². The van der Waals surface area contributed by atoms with Gasteiger partial charge in [0.25, 0.3) is 17.7 Å². The molecule has 2 N–H and O–H groups in total. The van der Waals surface area contributed by atoms with Gasteiger partial charge < -0.3 is 10.4 Å². The summed E-state index contributed by atoms with van der Waals surface area (Å²) in [5.41, 5.74) is 1.43. The normalized spacial score (nSPS) is 12.6. The van der Waals surface area contributed by atoms with Gasteiger partial charge in [-0.15, -0.1) is 0 Å². The second-order valence-corrected chi connectivity index (χ2v) is 6.34. The average Bonchev–Trinajstić information content (AvgIpc) is 2.99. The van der Waals surface area contributed by atoms with Crippen LogP contribution in [0.2, 0.25) is 0 Å². The van der Waals surface area contributed by atoms with Crippen LogP contribution in [-0.4, -0.2) is 28.8 Å². The summed E-state index contributed by atoms with van der Waals surface area (Å²) in [7, 11) is 0. The zero-order valence-corrected chi connectivity index (χ0v) is 15.0. The highest BCUT2D eigenvalue weighted by molar-refractivity contribution is 6.34. The summed E-state index contributed by atoms with van der Waals surface area (Å²) in [5.74, 6) is -2.49. The maximum absolute atomic E-state index is 12.5. The van der Waals surface area contributed by atoms with Gasteiger partial charge in [0.05, 0.1) is 28.1 Å². The fourth-order valence-corrected chi connectivity index (χ4v) is 3.16. The Morgan fingerprint density at radius 3 is 1.90 bits per heavy atom. The minimum Gasteiger partial charge on any atom is -0.478 e. The van der Waals surface area contributed by atoms with Crippen LogP contribution in [0.25, 0.3) is 0 Å². The van der Waals surface area contributed by atoms with E-state index in [2.05, 4.69) is 5.32 Å². The number of aromatic carboxylic acids is 1. The Morgan fingerprint density at radius 2 is 1.31 bits per heavy atom. The molecule has 3 amide bonds. The highest BCUT2D eigenvalue weighted by Crippen LogP contribution is 2.28. The number of hydrogen-bond acceptors (Lipinski definition) is 4. The number of imide groups is 1. The summed E-state index contributed by atoms with van der Waals surface area (Å²) in [5, 5.41) is 11.8. The molecular formula is C22H14N2O5. The zero-order valence-electron chi connectivity index (χ0n) is 15.0. The Morgan fingerprint density at radius 1 is 0.759 bits per heavy atom. The van der Waals surface area contributed by atoms with Crippen molar-refractivity contribution in [1.82, 2.24) is 0 Å². The second-order valence-electron chi connectivity index (χ2n) is 6.34. The standard InChI is InChI=1S/C22H14N2O5/c25-19(23-18-8-4-3-7-17(18)22(28)29)13-9-11-14(12-10-13)24-20(26)15-5-1-2-6-16(15)21(24)27/h1-12H,(H,23,25)(H,28,29). The first-order valence-electron chi connectivity index (χ1n) is 8.69. The summed E-state index contributed by atoms with van der Waals surface area (Å²) in [6.07, 6.45) is 0. The maximum Gasteiger partial charge on any atom is 0.337 e. The molecule has 0 bridgehead atoms. The number of fused-ring (bicyclic) bond motifs is 1. The van der Waals surface area contributed by atoms with Crippen LogP contribution in [0.4, 0.5) is 11.4 Å². The fourth-order valence-electron chi connectivity index (χ4n) is 3.16. The van der Waals surface area contributed by atoms with E-state index < -0.39 is 23.7 Å². The number of amides is 3. The summed E-state index contributed by atoms with van der Waals surface area (Å²) in [4.78, 5) is 49.9. The van der Waals surface area contributed by atoms with Gasteiger partial charge >= 0.3 is 5.97 Å². The number of hydrogen-bond donors (Lipinski definition) is 2. The molecule has 0 aromatic heterocycles. The minimum atomic E-state index is -1.15. The molecular weight excluding hydrogens is 372 g/mol. The van der Waals surface area contributed by atoms with Crippen molar-refractivity contribution in [2.24, 2.45) is 0 Å². The van der Waals surface area contributed by atoms with Gasteiger partial charge in [0.1, 0.15) is 0 Å². The molecule has 3 aromatic rings. The van der Waals surface area contributed by atoms with Gasteiger partial charge in [-0.3, -0.25) is 14.4 Å². The largest absolute Gasteiger partial charge is 0.478 e. The Balaban J connectivity index is 1.56. The molecule has 0 atom stereocenters. The van der Waals surface area contributed by atoms with Crippen molar-refractivity contribution in [3.63, 3.8) is 0 Å². The molecule has 1 aliphatic rings. The van der Waals surface area contributed by atoms with E-state index in [-0.39, 0.29) is 16.8 Å². The first kappa shape index (κ1) is 18.1.